The van der Waals surface area contributed by atoms with Crippen LogP contribution in [0.15, 0.2) is 11.1 Å². The van der Waals surface area contributed by atoms with Crippen molar-refractivity contribution in [2.45, 2.75) is 17.9 Å². The number of sulfonamides is 1. The van der Waals surface area contributed by atoms with Crippen LogP contribution >= 0.6 is 0 Å². The molecule has 8 nitrogen and oxygen atoms in total. The summed E-state index contributed by atoms with van der Waals surface area (Å²) in [6, 6.07) is -0.746. The summed E-state index contributed by atoms with van der Waals surface area (Å²) in [7, 11) is -7.11. The molecule has 0 saturated heterocycles. The van der Waals surface area contributed by atoms with Crippen LogP contribution in [0.3, 0.4) is 0 Å². The van der Waals surface area contributed by atoms with E-state index in [1.54, 1.807) is 0 Å². The van der Waals surface area contributed by atoms with Crippen LogP contribution in [0.1, 0.15) is 6.92 Å². The maximum Gasteiger partial charge on any atom is 0.246 e. The number of nitrogens with two attached hydrogens (primary N) is 1. The Morgan fingerprint density at radius 1 is 1.47 bits per heavy atom. The molecule has 1 aromatic heterocycles. The summed E-state index contributed by atoms with van der Waals surface area (Å²) in [5.74, 6) is -0.381. The maximum absolute atomic E-state index is 11.8. The molecule has 4 N–H and O–H groups in total. The van der Waals surface area contributed by atoms with Gasteiger partial charge in [-0.25, -0.2) is 21.6 Å². The molecule has 1 atom stereocenters. The molecule has 1 unspecified atom stereocenters. The molecule has 98 valence electrons. The maximum atomic E-state index is 11.8. The van der Waals surface area contributed by atoms with E-state index in [0.717, 1.165) is 12.5 Å². The van der Waals surface area contributed by atoms with E-state index in [2.05, 4.69) is 14.9 Å². The zero-order valence-electron chi connectivity index (χ0n) is 9.34. The van der Waals surface area contributed by atoms with Gasteiger partial charge in [-0.2, -0.15) is 5.10 Å². The smallest absolute Gasteiger partial charge is 0.246 e. The predicted molar refractivity (Wildman–Crippen MR) is 62.5 cm³/mol. The van der Waals surface area contributed by atoms with Gasteiger partial charge in [-0.3, -0.25) is 5.10 Å². The Morgan fingerprint density at radius 2 is 2.06 bits per heavy atom. The number of hydrogen-bond donors (Lipinski definition) is 3. The first-order valence-electron chi connectivity index (χ1n) is 4.61. The van der Waals surface area contributed by atoms with Crippen molar-refractivity contribution in [2.24, 2.45) is 0 Å². The Morgan fingerprint density at radius 3 is 2.47 bits per heavy atom. The van der Waals surface area contributed by atoms with E-state index in [4.69, 9.17) is 5.73 Å². The van der Waals surface area contributed by atoms with Crippen LogP contribution < -0.4 is 10.5 Å². The molecule has 0 bridgehead atoms. The number of anilines is 1. The molecular formula is C7H14N4O4S2. The molecule has 0 saturated carbocycles. The molecule has 0 aliphatic heterocycles. The standard InChI is InChI=1S/C7H14N4O4S2/c1-5(4-16(2,12)13)11-17(14,15)6-3-9-10-7(6)8/h3,5,11H,4H2,1-2H3,(H3,8,9,10). The highest BCUT2D eigenvalue weighted by atomic mass is 32.2. The van der Waals surface area contributed by atoms with Gasteiger partial charge in [0.1, 0.15) is 20.6 Å². The van der Waals surface area contributed by atoms with Crippen molar-refractivity contribution in [1.82, 2.24) is 14.9 Å². The van der Waals surface area contributed by atoms with E-state index < -0.39 is 25.9 Å². The van der Waals surface area contributed by atoms with Crippen LogP contribution in [0, 0.1) is 0 Å². The van der Waals surface area contributed by atoms with Crippen molar-refractivity contribution in [1.29, 1.82) is 0 Å². The molecule has 0 aliphatic rings. The first kappa shape index (κ1) is 13.9. The number of rotatable bonds is 5. The Hall–Kier alpha value is -1.13. The highest BCUT2D eigenvalue weighted by Crippen LogP contribution is 2.14. The van der Waals surface area contributed by atoms with E-state index in [-0.39, 0.29) is 16.5 Å². The predicted octanol–water partition coefficient (Wildman–Crippen LogP) is -1.30. The fraction of sp³-hybridized carbons (Fsp3) is 0.571. The first-order chi connectivity index (χ1) is 7.62. The van der Waals surface area contributed by atoms with E-state index in [1.165, 1.54) is 6.92 Å². The van der Waals surface area contributed by atoms with Crippen molar-refractivity contribution in [3.63, 3.8) is 0 Å². The molecule has 0 fully saturated rings. The van der Waals surface area contributed by atoms with Crippen molar-refractivity contribution in [3.8, 4) is 0 Å². The lowest BCUT2D eigenvalue weighted by Crippen LogP contribution is -2.37. The fourth-order valence-electron chi connectivity index (χ4n) is 1.32. The molecule has 10 heteroatoms. The molecule has 1 aromatic rings. The van der Waals surface area contributed by atoms with Crippen LogP contribution in [0.25, 0.3) is 0 Å². The number of nitrogen functional groups attached to an aromatic ring is 1. The van der Waals surface area contributed by atoms with E-state index >= 15 is 0 Å². The lowest BCUT2D eigenvalue weighted by atomic mass is 10.4. The Bertz CT molecular complexity index is 589. The van der Waals surface area contributed by atoms with Gasteiger partial charge in [0, 0.05) is 12.3 Å². The van der Waals surface area contributed by atoms with Gasteiger partial charge in [-0.1, -0.05) is 0 Å². The fourth-order valence-corrected chi connectivity index (χ4v) is 3.68. The second kappa shape index (κ2) is 4.63. The third-order valence-electron chi connectivity index (χ3n) is 1.83. The van der Waals surface area contributed by atoms with Gasteiger partial charge < -0.3 is 5.73 Å². The summed E-state index contributed by atoms with van der Waals surface area (Å²) in [6.45, 7) is 1.45. The monoisotopic (exact) mass is 282 g/mol. The second-order valence-electron chi connectivity index (χ2n) is 3.76. The average molecular weight is 282 g/mol. The van der Waals surface area contributed by atoms with E-state index in [1.807, 2.05) is 0 Å². The molecular weight excluding hydrogens is 268 g/mol. The summed E-state index contributed by atoms with van der Waals surface area (Å²) in [5, 5.41) is 5.77. The minimum atomic E-state index is -3.85. The summed E-state index contributed by atoms with van der Waals surface area (Å²) >= 11 is 0. The zero-order chi connectivity index (χ0) is 13.3. The highest BCUT2D eigenvalue weighted by molar-refractivity contribution is 7.91. The molecule has 0 radical (unpaired) electrons. The van der Waals surface area contributed by atoms with E-state index in [0.29, 0.717) is 0 Å². The van der Waals surface area contributed by atoms with Gasteiger partial charge in [0.2, 0.25) is 10.0 Å². The Kier molecular flexibility index (Phi) is 3.79. The van der Waals surface area contributed by atoms with Crippen molar-refractivity contribution in [2.75, 3.05) is 17.7 Å². The van der Waals surface area contributed by atoms with Crippen molar-refractivity contribution >= 4 is 25.7 Å². The van der Waals surface area contributed by atoms with Gasteiger partial charge >= 0.3 is 0 Å². The van der Waals surface area contributed by atoms with Gasteiger partial charge in [0.05, 0.1) is 11.9 Å². The quantitative estimate of drug-likeness (QED) is 0.614. The number of hydrogen-bond acceptors (Lipinski definition) is 6. The van der Waals surface area contributed by atoms with Crippen LogP contribution in [0.4, 0.5) is 5.82 Å². The van der Waals surface area contributed by atoms with Gasteiger partial charge in [0.25, 0.3) is 0 Å². The van der Waals surface area contributed by atoms with Gasteiger partial charge in [0.15, 0.2) is 0 Å². The number of aromatic nitrogens is 2. The van der Waals surface area contributed by atoms with Crippen LogP contribution in [0.5, 0.6) is 0 Å². The minimum Gasteiger partial charge on any atom is -0.383 e. The number of sulfone groups is 1. The second-order valence-corrected chi connectivity index (χ2v) is 7.63. The molecule has 17 heavy (non-hydrogen) atoms. The van der Waals surface area contributed by atoms with Crippen molar-refractivity contribution in [3.05, 3.63) is 6.20 Å². The lowest BCUT2D eigenvalue weighted by molar-refractivity contribution is 0.565. The number of nitrogens with one attached hydrogen (secondary N) is 2. The third-order valence-corrected chi connectivity index (χ3v) is 4.55. The van der Waals surface area contributed by atoms with Gasteiger partial charge in [-0.05, 0) is 6.92 Å². The van der Waals surface area contributed by atoms with Crippen LogP contribution in [0.2, 0.25) is 0 Å². The van der Waals surface area contributed by atoms with Gasteiger partial charge in [-0.15, -0.1) is 0 Å². The SMILES string of the molecule is CC(CS(C)(=O)=O)NS(=O)(=O)c1cn[nH]c1N. The summed E-state index contributed by atoms with van der Waals surface area (Å²) in [5.41, 5.74) is 5.37. The molecule has 0 amide bonds. The molecule has 0 aromatic carbocycles. The largest absolute Gasteiger partial charge is 0.383 e. The van der Waals surface area contributed by atoms with Crippen molar-refractivity contribution < 1.29 is 16.8 Å². The minimum absolute atomic E-state index is 0.0935. The first-order valence-corrected chi connectivity index (χ1v) is 8.15. The summed E-state index contributed by atoms with van der Waals surface area (Å²) in [6.07, 6.45) is 2.09. The topological polar surface area (TPSA) is 135 Å². The normalized spacial score (nSPS) is 14.7. The lowest BCUT2D eigenvalue weighted by Gasteiger charge is -2.12. The highest BCUT2D eigenvalue weighted by Gasteiger charge is 2.23. The third kappa shape index (κ3) is 3.98. The Balaban J connectivity index is 2.85. The Labute approximate surface area is 99.6 Å². The van der Waals surface area contributed by atoms with Crippen LogP contribution in [-0.4, -0.2) is 45.1 Å². The number of H-pyrrole nitrogens is 1. The van der Waals surface area contributed by atoms with E-state index in [9.17, 15) is 16.8 Å². The molecule has 0 spiro atoms. The average Bonchev–Trinajstić information content (AvgIpc) is 2.46. The summed E-state index contributed by atoms with van der Waals surface area (Å²) < 4.78 is 47.7. The zero-order valence-corrected chi connectivity index (χ0v) is 11.0. The summed E-state index contributed by atoms with van der Waals surface area (Å²) in [4.78, 5) is -0.196. The number of aromatic amines is 1. The molecule has 1 rings (SSSR count). The molecule has 0 aliphatic carbocycles. The molecule has 1 heterocycles. The van der Waals surface area contributed by atoms with Crippen LogP contribution in [-0.2, 0) is 19.9 Å². The number of nitrogens with zero attached hydrogens (tertiary/aromatic N) is 1.